The van der Waals surface area contributed by atoms with Gasteiger partial charge in [-0.2, -0.15) is 0 Å². The van der Waals surface area contributed by atoms with E-state index in [0.29, 0.717) is 12.1 Å². The van der Waals surface area contributed by atoms with E-state index < -0.39 is 0 Å². The molecule has 2 fully saturated rings. The van der Waals surface area contributed by atoms with Gasteiger partial charge in [-0.1, -0.05) is 6.92 Å². The van der Waals surface area contributed by atoms with Crippen molar-refractivity contribution >= 4 is 0 Å². The van der Waals surface area contributed by atoms with Gasteiger partial charge >= 0.3 is 0 Å². The van der Waals surface area contributed by atoms with Gasteiger partial charge in [-0.05, 0) is 51.4 Å². The number of likely N-dealkylation sites (tertiary alicyclic amines) is 1. The van der Waals surface area contributed by atoms with Gasteiger partial charge in [0, 0.05) is 31.8 Å². The van der Waals surface area contributed by atoms with Crippen LogP contribution in [0.2, 0.25) is 0 Å². The standard InChI is InChI=1S/C15H30N2O/c1-12-4-7-15(11-16,8-5-12)17-9-6-14(18-3)10-13(17)2/h12-14H,4-11,16H2,1-3H3. The molecule has 1 aliphatic carbocycles. The molecule has 0 bridgehead atoms. The summed E-state index contributed by atoms with van der Waals surface area (Å²) in [7, 11) is 1.84. The summed E-state index contributed by atoms with van der Waals surface area (Å²) in [5.74, 6) is 0.886. The second-order valence-corrected chi connectivity index (χ2v) is 6.54. The zero-order valence-corrected chi connectivity index (χ0v) is 12.3. The zero-order valence-electron chi connectivity index (χ0n) is 12.3. The predicted molar refractivity (Wildman–Crippen MR) is 75.6 cm³/mol. The molecule has 1 aliphatic heterocycles. The predicted octanol–water partition coefficient (Wildman–Crippen LogP) is 2.39. The van der Waals surface area contributed by atoms with Crippen LogP contribution in [-0.4, -0.2) is 42.8 Å². The van der Waals surface area contributed by atoms with Crippen LogP contribution in [-0.2, 0) is 4.74 Å². The molecule has 3 heteroatoms. The summed E-state index contributed by atoms with van der Waals surface area (Å²) >= 11 is 0. The molecule has 2 rings (SSSR count). The van der Waals surface area contributed by atoms with Crippen molar-refractivity contribution < 1.29 is 4.74 Å². The summed E-state index contributed by atoms with van der Waals surface area (Å²) in [5, 5.41) is 0. The number of nitrogens with two attached hydrogens (primary N) is 1. The Bertz CT molecular complexity index is 261. The van der Waals surface area contributed by atoms with Crippen LogP contribution in [0.3, 0.4) is 0 Å². The van der Waals surface area contributed by atoms with Gasteiger partial charge in [-0.15, -0.1) is 0 Å². The Hall–Kier alpha value is -0.120. The summed E-state index contributed by atoms with van der Waals surface area (Å²) in [6.07, 6.45) is 8.03. The van der Waals surface area contributed by atoms with Crippen molar-refractivity contribution in [3.8, 4) is 0 Å². The average molecular weight is 254 g/mol. The smallest absolute Gasteiger partial charge is 0.0598 e. The quantitative estimate of drug-likeness (QED) is 0.840. The first-order chi connectivity index (χ1) is 8.61. The van der Waals surface area contributed by atoms with Crippen molar-refractivity contribution in [3.05, 3.63) is 0 Å². The van der Waals surface area contributed by atoms with Crippen LogP contribution in [0.25, 0.3) is 0 Å². The third-order valence-corrected chi connectivity index (χ3v) is 5.36. The maximum atomic E-state index is 6.17. The van der Waals surface area contributed by atoms with Crippen LogP contribution in [0, 0.1) is 5.92 Å². The first kappa shape index (κ1) is 14.3. The first-order valence-corrected chi connectivity index (χ1v) is 7.61. The Morgan fingerprint density at radius 2 is 1.89 bits per heavy atom. The second-order valence-electron chi connectivity index (χ2n) is 6.54. The summed E-state index contributed by atoms with van der Waals surface area (Å²) in [4.78, 5) is 2.70. The summed E-state index contributed by atoms with van der Waals surface area (Å²) in [6.45, 7) is 6.70. The highest BCUT2D eigenvalue weighted by molar-refractivity contribution is 4.99. The molecule has 2 N–H and O–H groups in total. The molecule has 0 aromatic rings. The number of hydrogen-bond donors (Lipinski definition) is 1. The molecule has 0 aromatic heterocycles. The molecule has 1 saturated heterocycles. The average Bonchev–Trinajstić information content (AvgIpc) is 2.40. The largest absolute Gasteiger partial charge is 0.381 e. The van der Waals surface area contributed by atoms with Crippen molar-refractivity contribution in [3.63, 3.8) is 0 Å². The third-order valence-electron chi connectivity index (χ3n) is 5.36. The maximum Gasteiger partial charge on any atom is 0.0598 e. The van der Waals surface area contributed by atoms with Gasteiger partial charge < -0.3 is 10.5 Å². The zero-order chi connectivity index (χ0) is 13.2. The third kappa shape index (κ3) is 2.73. The highest BCUT2D eigenvalue weighted by Gasteiger charge is 2.42. The first-order valence-electron chi connectivity index (χ1n) is 7.61. The van der Waals surface area contributed by atoms with E-state index in [1.807, 2.05) is 7.11 Å². The molecule has 1 saturated carbocycles. The van der Waals surface area contributed by atoms with Crippen LogP contribution in [0.5, 0.6) is 0 Å². The van der Waals surface area contributed by atoms with Gasteiger partial charge in [0.2, 0.25) is 0 Å². The van der Waals surface area contributed by atoms with Crippen LogP contribution >= 0.6 is 0 Å². The Kier molecular flexibility index (Phi) is 4.68. The molecule has 2 atom stereocenters. The number of nitrogens with zero attached hydrogens (tertiary/aromatic N) is 1. The maximum absolute atomic E-state index is 6.17. The van der Waals surface area contributed by atoms with Gasteiger partial charge in [0.15, 0.2) is 0 Å². The monoisotopic (exact) mass is 254 g/mol. The van der Waals surface area contributed by atoms with E-state index in [4.69, 9.17) is 10.5 Å². The molecule has 2 aliphatic rings. The van der Waals surface area contributed by atoms with Crippen molar-refractivity contribution in [2.24, 2.45) is 11.7 Å². The fourth-order valence-electron chi connectivity index (χ4n) is 3.96. The van der Waals surface area contributed by atoms with Crippen molar-refractivity contribution in [1.82, 2.24) is 4.90 Å². The Morgan fingerprint density at radius 1 is 1.22 bits per heavy atom. The van der Waals surface area contributed by atoms with Gasteiger partial charge in [0.25, 0.3) is 0 Å². The van der Waals surface area contributed by atoms with Gasteiger partial charge in [0.1, 0.15) is 0 Å². The lowest BCUT2D eigenvalue weighted by Gasteiger charge is -2.52. The second kappa shape index (κ2) is 5.89. The molecule has 106 valence electrons. The van der Waals surface area contributed by atoms with Gasteiger partial charge in [0.05, 0.1) is 6.10 Å². The highest BCUT2D eigenvalue weighted by Crippen LogP contribution is 2.39. The minimum Gasteiger partial charge on any atom is -0.381 e. The van der Waals surface area contributed by atoms with Crippen molar-refractivity contribution in [2.45, 2.75) is 70.1 Å². The molecule has 2 unspecified atom stereocenters. The van der Waals surface area contributed by atoms with Crippen LogP contribution in [0.4, 0.5) is 0 Å². The molecular weight excluding hydrogens is 224 g/mol. The van der Waals surface area contributed by atoms with E-state index in [0.717, 1.165) is 31.8 Å². The SMILES string of the molecule is COC1CCN(C2(CN)CCC(C)CC2)C(C)C1. The van der Waals surface area contributed by atoms with E-state index in [2.05, 4.69) is 18.7 Å². The lowest BCUT2D eigenvalue weighted by molar-refractivity contribution is -0.0503. The van der Waals surface area contributed by atoms with Gasteiger partial charge in [-0.3, -0.25) is 4.90 Å². The molecule has 0 spiro atoms. The minimum atomic E-state index is 0.282. The summed E-state index contributed by atoms with van der Waals surface area (Å²) in [6, 6.07) is 0.612. The number of rotatable bonds is 3. The van der Waals surface area contributed by atoms with Crippen LogP contribution < -0.4 is 5.73 Å². The Labute approximate surface area is 112 Å². The normalized spacial score (nSPS) is 43.0. The lowest BCUT2D eigenvalue weighted by Crippen LogP contribution is -2.61. The number of hydrogen-bond acceptors (Lipinski definition) is 3. The number of ether oxygens (including phenoxy) is 1. The van der Waals surface area contributed by atoms with Crippen LogP contribution in [0.1, 0.15) is 52.4 Å². The van der Waals surface area contributed by atoms with E-state index >= 15 is 0 Å². The van der Waals surface area contributed by atoms with E-state index in [9.17, 15) is 0 Å². The van der Waals surface area contributed by atoms with E-state index in [-0.39, 0.29) is 5.54 Å². The molecule has 3 nitrogen and oxygen atoms in total. The topological polar surface area (TPSA) is 38.5 Å². The fraction of sp³-hybridized carbons (Fsp3) is 1.00. The van der Waals surface area contributed by atoms with E-state index in [1.54, 1.807) is 0 Å². The van der Waals surface area contributed by atoms with Crippen molar-refractivity contribution in [1.29, 1.82) is 0 Å². The minimum absolute atomic E-state index is 0.282. The number of methoxy groups -OCH3 is 1. The van der Waals surface area contributed by atoms with E-state index in [1.165, 1.54) is 25.7 Å². The Morgan fingerprint density at radius 3 is 2.39 bits per heavy atom. The van der Waals surface area contributed by atoms with Crippen molar-refractivity contribution in [2.75, 3.05) is 20.2 Å². The molecule has 0 radical (unpaired) electrons. The fourth-order valence-corrected chi connectivity index (χ4v) is 3.96. The molecular formula is C15H30N2O. The van der Waals surface area contributed by atoms with Crippen LogP contribution in [0.15, 0.2) is 0 Å². The summed E-state index contributed by atoms with van der Waals surface area (Å²) < 4.78 is 5.52. The molecule has 18 heavy (non-hydrogen) atoms. The Balaban J connectivity index is 2.04. The molecule has 1 heterocycles. The number of piperidine rings is 1. The molecule has 0 aromatic carbocycles. The highest BCUT2D eigenvalue weighted by atomic mass is 16.5. The van der Waals surface area contributed by atoms with Gasteiger partial charge in [-0.25, -0.2) is 0 Å². The summed E-state index contributed by atoms with van der Waals surface area (Å²) in [5.41, 5.74) is 6.45. The lowest BCUT2D eigenvalue weighted by atomic mass is 9.74. The molecule has 0 amide bonds.